The highest BCUT2D eigenvalue weighted by Crippen LogP contribution is 2.42. The maximum atomic E-state index is 13.1. The molecular weight excluding hydrogens is 394 g/mol. The Labute approximate surface area is 173 Å². The topological polar surface area (TPSA) is 62.5 Å². The number of carbonyl (C=O) groups excluding carboxylic acids is 1. The van der Waals surface area contributed by atoms with Crippen molar-refractivity contribution in [3.8, 4) is 0 Å². The molecule has 1 saturated carbocycles. The highest BCUT2D eigenvalue weighted by molar-refractivity contribution is 7.12. The molecule has 0 saturated heterocycles. The second-order valence-corrected chi connectivity index (χ2v) is 8.84. The second kappa shape index (κ2) is 8.11. The fourth-order valence-corrected chi connectivity index (χ4v) is 5.03. The van der Waals surface area contributed by atoms with Crippen LogP contribution in [0.25, 0.3) is 0 Å². The van der Waals surface area contributed by atoms with E-state index in [4.69, 9.17) is 16.0 Å². The van der Waals surface area contributed by atoms with Gasteiger partial charge in [-0.3, -0.25) is 4.79 Å². The first-order valence-electron chi connectivity index (χ1n) is 9.43. The zero-order valence-electron chi connectivity index (χ0n) is 15.4. The number of amides is 1. The molecule has 0 bridgehead atoms. The quantitative estimate of drug-likeness (QED) is 0.581. The molecule has 28 heavy (non-hydrogen) atoms. The van der Waals surface area contributed by atoms with Crippen molar-refractivity contribution < 1.29 is 14.3 Å². The number of aliphatic hydroxyl groups excluding tert-OH is 1. The van der Waals surface area contributed by atoms with E-state index < -0.39 is 11.5 Å². The molecule has 1 atom stereocenters. The molecule has 1 amide bonds. The average Bonchev–Trinajstić information content (AvgIpc) is 3.48. The van der Waals surface area contributed by atoms with E-state index in [9.17, 15) is 9.90 Å². The van der Waals surface area contributed by atoms with E-state index in [1.165, 1.54) is 11.3 Å². The summed E-state index contributed by atoms with van der Waals surface area (Å²) < 4.78 is 5.27. The number of hydrogen-bond donors (Lipinski definition) is 2. The summed E-state index contributed by atoms with van der Waals surface area (Å²) in [5, 5.41) is 14.2. The fourth-order valence-electron chi connectivity index (χ4n) is 3.95. The minimum Gasteiger partial charge on any atom is -0.466 e. The summed E-state index contributed by atoms with van der Waals surface area (Å²) in [5.41, 5.74) is 0.560. The molecule has 1 unspecified atom stereocenters. The van der Waals surface area contributed by atoms with E-state index in [0.717, 1.165) is 41.0 Å². The highest BCUT2D eigenvalue weighted by Gasteiger charge is 2.42. The average molecular weight is 416 g/mol. The molecule has 1 aromatic carbocycles. The van der Waals surface area contributed by atoms with Gasteiger partial charge in [-0.2, -0.15) is 0 Å². The molecule has 1 aliphatic rings. The Balaban J connectivity index is 1.45. The van der Waals surface area contributed by atoms with E-state index in [1.54, 1.807) is 18.4 Å². The number of thiophene rings is 1. The van der Waals surface area contributed by atoms with Gasteiger partial charge in [0, 0.05) is 14.8 Å². The van der Waals surface area contributed by atoms with Crippen LogP contribution in [-0.2, 0) is 16.8 Å². The lowest BCUT2D eigenvalue weighted by Crippen LogP contribution is -2.42. The van der Waals surface area contributed by atoms with Gasteiger partial charge in [-0.1, -0.05) is 36.6 Å². The van der Waals surface area contributed by atoms with Crippen LogP contribution in [0.4, 0.5) is 0 Å². The summed E-state index contributed by atoms with van der Waals surface area (Å²) in [6.07, 6.45) is 4.58. The van der Waals surface area contributed by atoms with Gasteiger partial charge in [0.25, 0.3) is 0 Å². The largest absolute Gasteiger partial charge is 0.466 e. The summed E-state index contributed by atoms with van der Waals surface area (Å²) in [5.74, 6) is 0.582. The fraction of sp³-hybridized carbons (Fsp3) is 0.318. The van der Waals surface area contributed by atoms with Gasteiger partial charge in [0.2, 0.25) is 5.91 Å². The van der Waals surface area contributed by atoms with Crippen LogP contribution in [-0.4, -0.2) is 11.0 Å². The van der Waals surface area contributed by atoms with Gasteiger partial charge < -0.3 is 14.8 Å². The van der Waals surface area contributed by atoms with Crippen LogP contribution < -0.4 is 5.32 Å². The molecule has 0 spiro atoms. The van der Waals surface area contributed by atoms with Gasteiger partial charge in [0.05, 0.1) is 18.2 Å². The van der Waals surface area contributed by atoms with Gasteiger partial charge in [0.1, 0.15) is 11.9 Å². The van der Waals surface area contributed by atoms with Crippen molar-refractivity contribution in [2.24, 2.45) is 0 Å². The van der Waals surface area contributed by atoms with Gasteiger partial charge in [-0.25, -0.2) is 0 Å². The van der Waals surface area contributed by atoms with Crippen molar-refractivity contribution in [3.63, 3.8) is 0 Å². The molecule has 146 valence electrons. The third kappa shape index (κ3) is 3.75. The Morgan fingerprint density at radius 2 is 1.93 bits per heavy atom. The van der Waals surface area contributed by atoms with Crippen LogP contribution in [0, 0.1) is 0 Å². The van der Waals surface area contributed by atoms with Crippen molar-refractivity contribution in [1.29, 1.82) is 0 Å². The normalized spacial score (nSPS) is 16.8. The molecule has 2 aromatic heterocycles. The molecular formula is C22H22ClNO3S. The molecule has 1 fully saturated rings. The van der Waals surface area contributed by atoms with Gasteiger partial charge >= 0.3 is 0 Å². The standard InChI is InChI=1S/C22H22ClNO3S/c23-16-7-5-15(6-8-16)22(11-1-2-12-22)21(26)24-14-17-9-10-19(28-17)20(25)18-4-3-13-27-18/h3-10,13,20,25H,1-2,11-12,14H2,(H,24,26). The number of carbonyl (C=O) groups is 1. The van der Waals surface area contributed by atoms with E-state index in [2.05, 4.69) is 5.32 Å². The maximum absolute atomic E-state index is 13.1. The Morgan fingerprint density at radius 1 is 1.18 bits per heavy atom. The van der Waals surface area contributed by atoms with Crippen LogP contribution in [0.5, 0.6) is 0 Å². The van der Waals surface area contributed by atoms with Crippen LogP contribution in [0.3, 0.4) is 0 Å². The summed E-state index contributed by atoms with van der Waals surface area (Å²) in [6.45, 7) is 0.448. The lowest BCUT2D eigenvalue weighted by Gasteiger charge is -2.28. The van der Waals surface area contributed by atoms with Crippen molar-refractivity contribution in [3.05, 3.63) is 80.9 Å². The third-order valence-electron chi connectivity index (χ3n) is 5.48. The van der Waals surface area contributed by atoms with Gasteiger partial charge in [-0.05, 0) is 54.8 Å². The van der Waals surface area contributed by atoms with Crippen molar-refractivity contribution >= 4 is 28.8 Å². The predicted octanol–water partition coefficient (Wildman–Crippen LogP) is 5.20. The monoisotopic (exact) mass is 415 g/mol. The van der Waals surface area contributed by atoms with Crippen LogP contribution in [0.15, 0.2) is 59.2 Å². The number of hydrogen-bond acceptors (Lipinski definition) is 4. The molecule has 4 rings (SSSR count). The first kappa shape index (κ1) is 19.2. The van der Waals surface area contributed by atoms with E-state index in [-0.39, 0.29) is 5.91 Å². The Morgan fingerprint density at radius 3 is 2.61 bits per heavy atom. The molecule has 1 aliphatic carbocycles. The van der Waals surface area contributed by atoms with E-state index in [0.29, 0.717) is 17.3 Å². The Bertz CT molecular complexity index is 927. The number of aliphatic hydroxyl groups is 1. The molecule has 0 aliphatic heterocycles. The van der Waals surface area contributed by atoms with Crippen LogP contribution in [0.1, 0.15) is 52.9 Å². The van der Waals surface area contributed by atoms with E-state index in [1.807, 2.05) is 36.4 Å². The van der Waals surface area contributed by atoms with Gasteiger partial charge in [0.15, 0.2) is 0 Å². The number of rotatable bonds is 6. The summed E-state index contributed by atoms with van der Waals surface area (Å²) in [7, 11) is 0. The molecule has 4 nitrogen and oxygen atoms in total. The second-order valence-electron chi connectivity index (χ2n) is 7.20. The Kier molecular flexibility index (Phi) is 5.58. The van der Waals surface area contributed by atoms with Crippen molar-refractivity contribution in [2.75, 3.05) is 0 Å². The molecule has 0 radical (unpaired) electrons. The molecule has 6 heteroatoms. The molecule has 2 heterocycles. The van der Waals surface area contributed by atoms with Crippen molar-refractivity contribution in [2.45, 2.75) is 43.7 Å². The van der Waals surface area contributed by atoms with Crippen LogP contribution in [0.2, 0.25) is 5.02 Å². The Hall–Kier alpha value is -2.08. The predicted molar refractivity (Wildman–Crippen MR) is 111 cm³/mol. The first-order valence-corrected chi connectivity index (χ1v) is 10.6. The maximum Gasteiger partial charge on any atom is 0.230 e. The first-order chi connectivity index (χ1) is 13.6. The lowest BCUT2D eigenvalue weighted by atomic mass is 9.78. The number of benzene rings is 1. The minimum atomic E-state index is -0.778. The smallest absolute Gasteiger partial charge is 0.230 e. The zero-order chi connectivity index (χ0) is 19.6. The van der Waals surface area contributed by atoms with Gasteiger partial charge in [-0.15, -0.1) is 11.3 Å². The van der Waals surface area contributed by atoms with E-state index >= 15 is 0 Å². The number of nitrogens with one attached hydrogen (secondary N) is 1. The summed E-state index contributed by atoms with van der Waals surface area (Å²) in [6, 6.07) is 15.0. The third-order valence-corrected chi connectivity index (χ3v) is 6.87. The molecule has 2 N–H and O–H groups in total. The zero-order valence-corrected chi connectivity index (χ0v) is 16.9. The lowest BCUT2D eigenvalue weighted by molar-refractivity contribution is -0.126. The number of halogens is 1. The summed E-state index contributed by atoms with van der Waals surface area (Å²) >= 11 is 7.50. The summed E-state index contributed by atoms with van der Waals surface area (Å²) in [4.78, 5) is 14.9. The SMILES string of the molecule is O=C(NCc1ccc(C(O)c2ccco2)s1)C1(c2ccc(Cl)cc2)CCCC1. The highest BCUT2D eigenvalue weighted by atomic mass is 35.5. The van der Waals surface area contributed by atoms with Crippen LogP contribution >= 0.6 is 22.9 Å². The van der Waals surface area contributed by atoms with Crippen molar-refractivity contribution in [1.82, 2.24) is 5.32 Å². The minimum absolute atomic E-state index is 0.0638. The number of furan rings is 1. The molecule has 3 aromatic rings.